The number of amides is 1. The lowest BCUT2D eigenvalue weighted by Crippen LogP contribution is -2.24. The van der Waals surface area contributed by atoms with Crippen LogP contribution in [0, 0.1) is 0 Å². The van der Waals surface area contributed by atoms with Gasteiger partial charge in [-0.2, -0.15) is 4.52 Å². The number of hydrogen-bond donors (Lipinski definition) is 1. The van der Waals surface area contributed by atoms with Crippen molar-refractivity contribution in [1.82, 2.24) is 24.9 Å². The standard InChI is InChI=1S/C22H17N5O2S/c28-19(23-13-16-9-6-12-29-16)14-30-22-24-18-11-5-4-10-17(18)21-25-20(26-27(21)22)15-7-2-1-3-8-15/h1-12H,13-14H2,(H,23,28). The molecule has 0 spiro atoms. The predicted octanol–water partition coefficient (Wildman–Crippen LogP) is 3.95. The van der Waals surface area contributed by atoms with Gasteiger partial charge in [-0.15, -0.1) is 5.10 Å². The lowest BCUT2D eigenvalue weighted by atomic mass is 10.2. The Morgan fingerprint density at radius 1 is 1.00 bits per heavy atom. The molecule has 3 heterocycles. The lowest BCUT2D eigenvalue weighted by molar-refractivity contribution is -0.118. The molecule has 0 aliphatic heterocycles. The molecule has 0 radical (unpaired) electrons. The second-order valence-corrected chi connectivity index (χ2v) is 7.54. The van der Waals surface area contributed by atoms with E-state index in [1.165, 1.54) is 11.8 Å². The van der Waals surface area contributed by atoms with Crippen molar-refractivity contribution in [3.63, 3.8) is 0 Å². The zero-order valence-electron chi connectivity index (χ0n) is 15.9. The first-order chi connectivity index (χ1) is 14.8. The SMILES string of the molecule is O=C(CSc1nc2ccccc2c2nc(-c3ccccc3)nn12)NCc1ccco1. The number of carbonyl (C=O) groups is 1. The first kappa shape index (κ1) is 18.4. The minimum atomic E-state index is -0.108. The lowest BCUT2D eigenvalue weighted by Gasteiger charge is -2.06. The fourth-order valence-corrected chi connectivity index (χ4v) is 3.89. The summed E-state index contributed by atoms with van der Waals surface area (Å²) in [5.41, 5.74) is 2.46. The number of fused-ring (bicyclic) bond motifs is 3. The summed E-state index contributed by atoms with van der Waals surface area (Å²) in [4.78, 5) is 21.8. The van der Waals surface area contributed by atoms with Gasteiger partial charge in [0.2, 0.25) is 5.91 Å². The number of rotatable bonds is 6. The molecule has 5 rings (SSSR count). The number of hydrogen-bond acceptors (Lipinski definition) is 6. The van der Waals surface area contributed by atoms with Crippen molar-refractivity contribution in [1.29, 1.82) is 0 Å². The highest BCUT2D eigenvalue weighted by atomic mass is 32.2. The van der Waals surface area contributed by atoms with Crippen LogP contribution in [-0.4, -0.2) is 31.2 Å². The Balaban J connectivity index is 1.45. The highest BCUT2D eigenvalue weighted by Crippen LogP contribution is 2.26. The van der Waals surface area contributed by atoms with Crippen LogP contribution in [0.3, 0.4) is 0 Å². The predicted molar refractivity (Wildman–Crippen MR) is 115 cm³/mol. The molecule has 0 atom stereocenters. The number of benzene rings is 2. The topological polar surface area (TPSA) is 85.3 Å². The minimum absolute atomic E-state index is 0.108. The van der Waals surface area contributed by atoms with E-state index in [9.17, 15) is 4.79 Å². The molecule has 8 heteroatoms. The quantitative estimate of drug-likeness (QED) is 0.334. The molecule has 5 aromatic rings. The molecule has 148 valence electrons. The molecule has 0 fully saturated rings. The summed E-state index contributed by atoms with van der Waals surface area (Å²) in [6.45, 7) is 0.356. The van der Waals surface area contributed by atoms with E-state index in [1.807, 2.05) is 60.7 Å². The summed E-state index contributed by atoms with van der Waals surface area (Å²) < 4.78 is 6.96. The molecule has 0 aliphatic carbocycles. The molecule has 0 bridgehead atoms. The van der Waals surface area contributed by atoms with Crippen LogP contribution in [0.5, 0.6) is 0 Å². The third-order valence-electron chi connectivity index (χ3n) is 4.55. The first-order valence-electron chi connectivity index (χ1n) is 9.41. The van der Waals surface area contributed by atoms with Crippen LogP contribution in [0.4, 0.5) is 0 Å². The van der Waals surface area contributed by atoms with Gasteiger partial charge in [0.15, 0.2) is 16.6 Å². The maximum atomic E-state index is 12.3. The largest absolute Gasteiger partial charge is 0.467 e. The molecule has 3 aromatic heterocycles. The molecule has 0 saturated carbocycles. The maximum absolute atomic E-state index is 12.3. The van der Waals surface area contributed by atoms with E-state index in [-0.39, 0.29) is 11.7 Å². The second-order valence-electron chi connectivity index (χ2n) is 6.59. The van der Waals surface area contributed by atoms with Crippen molar-refractivity contribution >= 4 is 34.2 Å². The van der Waals surface area contributed by atoms with Gasteiger partial charge in [0.1, 0.15) is 5.76 Å². The summed E-state index contributed by atoms with van der Waals surface area (Å²) >= 11 is 1.33. The van der Waals surface area contributed by atoms with Crippen LogP contribution in [-0.2, 0) is 11.3 Å². The molecule has 0 aliphatic rings. The van der Waals surface area contributed by atoms with Gasteiger partial charge in [0, 0.05) is 10.9 Å². The summed E-state index contributed by atoms with van der Waals surface area (Å²) in [6, 6.07) is 21.2. The summed E-state index contributed by atoms with van der Waals surface area (Å²) in [7, 11) is 0. The Hall–Kier alpha value is -3.65. The smallest absolute Gasteiger partial charge is 0.230 e. The average molecular weight is 415 g/mol. The molecule has 1 N–H and O–H groups in total. The second kappa shape index (κ2) is 8.00. The number of aromatic nitrogens is 4. The van der Waals surface area contributed by atoms with Gasteiger partial charge in [-0.05, 0) is 24.3 Å². The van der Waals surface area contributed by atoms with Gasteiger partial charge in [0.25, 0.3) is 0 Å². The van der Waals surface area contributed by atoms with Gasteiger partial charge in [-0.3, -0.25) is 4.79 Å². The number of nitrogens with zero attached hydrogens (tertiary/aromatic N) is 4. The third kappa shape index (κ3) is 3.65. The zero-order valence-corrected chi connectivity index (χ0v) is 16.7. The Kier molecular flexibility index (Phi) is 4.90. The Bertz CT molecular complexity index is 1320. The van der Waals surface area contributed by atoms with Crippen LogP contribution in [0.1, 0.15) is 5.76 Å². The van der Waals surface area contributed by atoms with Crippen molar-refractivity contribution in [3.8, 4) is 11.4 Å². The number of nitrogens with one attached hydrogen (secondary N) is 1. The average Bonchev–Trinajstić information content (AvgIpc) is 3.47. The van der Waals surface area contributed by atoms with Crippen molar-refractivity contribution < 1.29 is 9.21 Å². The monoisotopic (exact) mass is 415 g/mol. The van der Waals surface area contributed by atoms with Gasteiger partial charge >= 0.3 is 0 Å². The number of furan rings is 1. The third-order valence-corrected chi connectivity index (χ3v) is 5.48. The maximum Gasteiger partial charge on any atom is 0.230 e. The van der Waals surface area contributed by atoms with Crippen molar-refractivity contribution in [3.05, 3.63) is 78.8 Å². The number of carbonyl (C=O) groups excluding carboxylic acids is 1. The van der Waals surface area contributed by atoms with Crippen molar-refractivity contribution in [2.24, 2.45) is 0 Å². The molecule has 0 unspecified atom stereocenters. The molecule has 2 aromatic carbocycles. The van der Waals surface area contributed by atoms with Gasteiger partial charge < -0.3 is 9.73 Å². The fourth-order valence-electron chi connectivity index (χ4n) is 3.11. The minimum Gasteiger partial charge on any atom is -0.467 e. The summed E-state index contributed by atoms with van der Waals surface area (Å²) in [5.74, 6) is 1.44. The summed E-state index contributed by atoms with van der Waals surface area (Å²) in [5, 5.41) is 9.05. The first-order valence-corrected chi connectivity index (χ1v) is 10.4. The molecular weight excluding hydrogens is 398 g/mol. The van der Waals surface area contributed by atoms with Crippen molar-refractivity contribution in [2.45, 2.75) is 11.7 Å². The van der Waals surface area contributed by atoms with Crippen molar-refractivity contribution in [2.75, 3.05) is 5.75 Å². The van der Waals surface area contributed by atoms with E-state index < -0.39 is 0 Å². The molecule has 0 saturated heterocycles. The highest BCUT2D eigenvalue weighted by Gasteiger charge is 2.16. The summed E-state index contributed by atoms with van der Waals surface area (Å²) in [6.07, 6.45) is 1.58. The molecule has 1 amide bonds. The number of para-hydroxylation sites is 1. The van der Waals surface area contributed by atoms with Gasteiger partial charge in [-0.1, -0.05) is 54.2 Å². The van der Waals surface area contributed by atoms with E-state index in [0.29, 0.717) is 23.3 Å². The van der Waals surface area contributed by atoms with E-state index in [1.54, 1.807) is 16.8 Å². The Morgan fingerprint density at radius 3 is 2.67 bits per heavy atom. The van der Waals surface area contributed by atoms with Crippen LogP contribution < -0.4 is 5.32 Å². The van der Waals surface area contributed by atoms with Crippen LogP contribution in [0.25, 0.3) is 27.9 Å². The highest BCUT2D eigenvalue weighted by molar-refractivity contribution is 7.99. The molecule has 7 nitrogen and oxygen atoms in total. The Morgan fingerprint density at radius 2 is 1.83 bits per heavy atom. The molecule has 30 heavy (non-hydrogen) atoms. The van der Waals surface area contributed by atoms with Crippen LogP contribution >= 0.6 is 11.8 Å². The van der Waals surface area contributed by atoms with E-state index in [0.717, 1.165) is 22.1 Å². The van der Waals surface area contributed by atoms with E-state index in [2.05, 4.69) is 10.4 Å². The zero-order chi connectivity index (χ0) is 20.3. The van der Waals surface area contributed by atoms with Gasteiger partial charge in [-0.25, -0.2) is 9.97 Å². The fraction of sp³-hybridized carbons (Fsp3) is 0.0909. The molecular formula is C22H17N5O2S. The normalized spacial score (nSPS) is 11.2. The van der Waals surface area contributed by atoms with Crippen LogP contribution in [0.2, 0.25) is 0 Å². The van der Waals surface area contributed by atoms with E-state index in [4.69, 9.17) is 14.4 Å². The van der Waals surface area contributed by atoms with E-state index >= 15 is 0 Å². The van der Waals surface area contributed by atoms with Gasteiger partial charge in [0.05, 0.1) is 24.1 Å². The Labute approximate surface area is 176 Å². The van der Waals surface area contributed by atoms with Crippen LogP contribution in [0.15, 0.2) is 82.6 Å². The number of thioether (sulfide) groups is 1.